The number of aliphatic hydroxyl groups is 1. The number of hydrogen-bond acceptors (Lipinski definition) is 6. The van der Waals surface area contributed by atoms with Crippen molar-refractivity contribution in [2.45, 2.75) is 31.9 Å². The van der Waals surface area contributed by atoms with Crippen molar-refractivity contribution in [3.8, 4) is 11.5 Å². The average Bonchev–Trinajstić information content (AvgIpc) is 3.44. The molecule has 0 radical (unpaired) electrons. The van der Waals surface area contributed by atoms with Crippen molar-refractivity contribution in [3.63, 3.8) is 0 Å². The molecule has 7 heteroatoms. The summed E-state index contributed by atoms with van der Waals surface area (Å²) in [4.78, 5) is 18.0. The summed E-state index contributed by atoms with van der Waals surface area (Å²) in [6.07, 6.45) is 2.32. The summed E-state index contributed by atoms with van der Waals surface area (Å²) in [7, 11) is 1.62. The lowest BCUT2D eigenvalue weighted by Gasteiger charge is -2.32. The van der Waals surface area contributed by atoms with Crippen LogP contribution in [-0.2, 0) is 11.3 Å². The van der Waals surface area contributed by atoms with Crippen LogP contribution < -0.4 is 14.4 Å². The molecule has 1 amide bonds. The Morgan fingerprint density at radius 2 is 1.93 bits per heavy atom. The summed E-state index contributed by atoms with van der Waals surface area (Å²) in [5.41, 5.74) is 1.13. The fourth-order valence-corrected chi connectivity index (χ4v) is 4.55. The first-order valence-corrected chi connectivity index (χ1v) is 11.0. The molecule has 6 nitrogen and oxygen atoms in total. The molecule has 1 aromatic heterocycles. The second-order valence-corrected chi connectivity index (χ2v) is 8.78. The van der Waals surface area contributed by atoms with E-state index in [9.17, 15) is 9.90 Å². The molecule has 2 aromatic rings. The lowest BCUT2D eigenvalue weighted by Crippen LogP contribution is -2.42. The van der Waals surface area contributed by atoms with Gasteiger partial charge < -0.3 is 24.4 Å². The molecule has 1 N–H and O–H groups in total. The Kier molecular flexibility index (Phi) is 6.25. The predicted octanol–water partition coefficient (Wildman–Crippen LogP) is 3.15. The fourth-order valence-electron chi connectivity index (χ4n) is 3.64. The number of aliphatic hydroxyl groups excluding tert-OH is 1. The molecule has 29 heavy (non-hydrogen) atoms. The molecule has 1 aliphatic carbocycles. The van der Waals surface area contributed by atoms with Gasteiger partial charge in [0.25, 0.3) is 0 Å². The maximum absolute atomic E-state index is 12.7. The van der Waals surface area contributed by atoms with Crippen LogP contribution in [0.5, 0.6) is 11.5 Å². The molecule has 4 rings (SSSR count). The van der Waals surface area contributed by atoms with E-state index in [-0.39, 0.29) is 12.5 Å². The average molecular weight is 417 g/mol. The molecule has 2 heterocycles. The Bertz CT molecular complexity index is 818. The predicted molar refractivity (Wildman–Crippen MR) is 114 cm³/mol. The SMILES string of the molecule is COc1ccc(OCC(O)CN2CCC(=O)N(CC3CC3)Cc3sccc32)cc1. The number of benzene rings is 1. The fraction of sp³-hybridized carbons (Fsp3) is 0.500. The van der Waals surface area contributed by atoms with E-state index in [0.717, 1.165) is 18.0 Å². The zero-order chi connectivity index (χ0) is 20.2. The number of thiophene rings is 1. The summed E-state index contributed by atoms with van der Waals surface area (Å²) in [6, 6.07) is 9.41. The number of methoxy groups -OCH3 is 1. The Hall–Kier alpha value is -2.25. The highest BCUT2D eigenvalue weighted by atomic mass is 32.1. The maximum Gasteiger partial charge on any atom is 0.224 e. The number of nitrogens with zero attached hydrogens (tertiary/aromatic N) is 2. The highest BCUT2D eigenvalue weighted by Crippen LogP contribution is 2.34. The van der Waals surface area contributed by atoms with Gasteiger partial charge in [0.15, 0.2) is 0 Å². The van der Waals surface area contributed by atoms with E-state index in [0.29, 0.717) is 37.7 Å². The third-order valence-electron chi connectivity index (χ3n) is 5.45. The van der Waals surface area contributed by atoms with E-state index < -0.39 is 6.10 Å². The molecule has 0 saturated heterocycles. The first-order valence-electron chi connectivity index (χ1n) is 10.2. The lowest BCUT2D eigenvalue weighted by atomic mass is 10.2. The van der Waals surface area contributed by atoms with Crippen LogP contribution in [0.15, 0.2) is 35.7 Å². The van der Waals surface area contributed by atoms with Crippen LogP contribution in [-0.4, -0.2) is 55.4 Å². The highest BCUT2D eigenvalue weighted by molar-refractivity contribution is 7.10. The molecular formula is C22H28N2O4S. The Morgan fingerprint density at radius 3 is 2.66 bits per heavy atom. The summed E-state index contributed by atoms with van der Waals surface area (Å²) in [5, 5.41) is 12.6. The first kappa shape index (κ1) is 20.0. The number of β-amino-alcohol motifs (C(OH)–C–C–N with tert-alkyl or cyclic N) is 1. The molecule has 1 aliphatic heterocycles. The van der Waals surface area contributed by atoms with E-state index >= 15 is 0 Å². The van der Waals surface area contributed by atoms with Crippen molar-refractivity contribution >= 4 is 22.9 Å². The molecule has 1 aromatic carbocycles. The van der Waals surface area contributed by atoms with Gasteiger partial charge in [0.2, 0.25) is 5.91 Å². The van der Waals surface area contributed by atoms with Crippen molar-refractivity contribution in [3.05, 3.63) is 40.6 Å². The topological polar surface area (TPSA) is 62.2 Å². The standard InChI is InChI=1S/C22H28N2O4S/c1-27-18-4-6-19(7-5-18)28-15-17(25)13-23-10-8-22(26)24(12-16-2-3-16)14-21-20(23)9-11-29-21/h4-7,9,11,16-17,25H,2-3,8,10,12-15H2,1H3. The number of anilines is 1. The largest absolute Gasteiger partial charge is 0.497 e. The van der Waals surface area contributed by atoms with Crippen LogP contribution in [0.1, 0.15) is 24.1 Å². The molecule has 2 aliphatic rings. The molecule has 156 valence electrons. The molecule has 1 atom stereocenters. The Morgan fingerprint density at radius 1 is 1.17 bits per heavy atom. The van der Waals surface area contributed by atoms with Crippen LogP contribution in [0.4, 0.5) is 5.69 Å². The summed E-state index contributed by atoms with van der Waals surface area (Å²) < 4.78 is 10.9. The number of amides is 1. The molecule has 0 spiro atoms. The number of hydrogen-bond donors (Lipinski definition) is 1. The summed E-state index contributed by atoms with van der Waals surface area (Å²) >= 11 is 1.69. The summed E-state index contributed by atoms with van der Waals surface area (Å²) in [5.74, 6) is 2.36. The van der Waals surface area contributed by atoms with Crippen molar-refractivity contribution in [2.24, 2.45) is 5.92 Å². The number of rotatable bonds is 8. The Balaban J connectivity index is 1.36. The molecule has 1 fully saturated rings. The van der Waals surface area contributed by atoms with Gasteiger partial charge in [0.05, 0.1) is 19.3 Å². The van der Waals surface area contributed by atoms with Crippen LogP contribution in [0.2, 0.25) is 0 Å². The smallest absolute Gasteiger partial charge is 0.224 e. The number of carbonyl (C=O) groups excluding carboxylic acids is 1. The first-order chi connectivity index (χ1) is 14.1. The second-order valence-electron chi connectivity index (χ2n) is 7.78. The van der Waals surface area contributed by atoms with E-state index in [1.54, 1.807) is 18.4 Å². The van der Waals surface area contributed by atoms with Crippen molar-refractivity contribution in [1.29, 1.82) is 0 Å². The van der Waals surface area contributed by atoms with Crippen LogP contribution in [0.25, 0.3) is 0 Å². The van der Waals surface area contributed by atoms with Gasteiger partial charge in [0.1, 0.15) is 24.2 Å². The molecule has 0 bridgehead atoms. The van der Waals surface area contributed by atoms with Crippen LogP contribution >= 0.6 is 11.3 Å². The monoisotopic (exact) mass is 416 g/mol. The minimum atomic E-state index is -0.651. The van der Waals surface area contributed by atoms with E-state index in [4.69, 9.17) is 9.47 Å². The van der Waals surface area contributed by atoms with Crippen molar-refractivity contribution in [2.75, 3.05) is 38.3 Å². The van der Waals surface area contributed by atoms with E-state index in [1.165, 1.54) is 17.7 Å². The van der Waals surface area contributed by atoms with Crippen molar-refractivity contribution in [1.82, 2.24) is 4.90 Å². The van der Waals surface area contributed by atoms with E-state index in [1.807, 2.05) is 29.2 Å². The summed E-state index contributed by atoms with van der Waals surface area (Å²) in [6.45, 7) is 2.81. The molecular weight excluding hydrogens is 388 g/mol. The van der Waals surface area contributed by atoms with Crippen LogP contribution in [0.3, 0.4) is 0 Å². The Labute approximate surface area is 175 Å². The van der Waals surface area contributed by atoms with Gasteiger partial charge in [-0.25, -0.2) is 0 Å². The minimum Gasteiger partial charge on any atom is -0.497 e. The third-order valence-corrected chi connectivity index (χ3v) is 6.35. The van der Waals surface area contributed by atoms with Crippen molar-refractivity contribution < 1.29 is 19.4 Å². The number of carbonyl (C=O) groups is 1. The van der Waals surface area contributed by atoms with Gasteiger partial charge in [0, 0.05) is 30.9 Å². The van der Waals surface area contributed by atoms with Gasteiger partial charge in [-0.05, 0) is 54.5 Å². The second kappa shape index (κ2) is 9.05. The van der Waals surface area contributed by atoms with Gasteiger partial charge in [-0.3, -0.25) is 4.79 Å². The highest BCUT2D eigenvalue weighted by Gasteiger charge is 2.30. The van der Waals surface area contributed by atoms with Crippen LogP contribution in [0, 0.1) is 5.92 Å². The molecule has 1 saturated carbocycles. The number of ether oxygens (including phenoxy) is 2. The van der Waals surface area contributed by atoms with Gasteiger partial charge in [-0.2, -0.15) is 0 Å². The van der Waals surface area contributed by atoms with Gasteiger partial charge in [-0.1, -0.05) is 0 Å². The maximum atomic E-state index is 12.7. The van der Waals surface area contributed by atoms with E-state index in [2.05, 4.69) is 16.3 Å². The number of fused-ring (bicyclic) bond motifs is 1. The quantitative estimate of drug-likeness (QED) is 0.716. The third kappa shape index (κ3) is 5.22. The zero-order valence-corrected chi connectivity index (χ0v) is 17.6. The lowest BCUT2D eigenvalue weighted by molar-refractivity contribution is -0.132. The molecule has 1 unspecified atom stereocenters. The normalized spacial score (nSPS) is 18.1. The minimum absolute atomic E-state index is 0.198. The zero-order valence-electron chi connectivity index (χ0n) is 16.8. The van der Waals surface area contributed by atoms with Gasteiger partial charge >= 0.3 is 0 Å². The van der Waals surface area contributed by atoms with Gasteiger partial charge in [-0.15, -0.1) is 11.3 Å².